The highest BCUT2D eigenvalue weighted by molar-refractivity contribution is 5.59. The molecule has 2 aromatic rings. The highest BCUT2D eigenvalue weighted by Gasteiger charge is 2.11. The molecule has 5 heteroatoms. The van der Waals surface area contributed by atoms with Crippen LogP contribution < -0.4 is 5.32 Å². The van der Waals surface area contributed by atoms with E-state index in [1.54, 1.807) is 12.4 Å². The zero-order chi connectivity index (χ0) is 13.8. The minimum Gasteiger partial charge on any atom is -0.394 e. The minimum atomic E-state index is -0.0432. The monoisotopic (exact) mass is 258 g/mol. The highest BCUT2D eigenvalue weighted by Crippen LogP contribution is 2.21. The summed E-state index contributed by atoms with van der Waals surface area (Å²) in [5, 5.41) is 12.3. The van der Waals surface area contributed by atoms with Gasteiger partial charge in [0.05, 0.1) is 6.61 Å². The number of pyridine rings is 1. The van der Waals surface area contributed by atoms with Crippen LogP contribution in [0.3, 0.4) is 0 Å². The number of aliphatic hydroxyl groups is 1. The Morgan fingerprint density at radius 1 is 1.21 bits per heavy atom. The molecule has 1 atom stereocenters. The van der Waals surface area contributed by atoms with Gasteiger partial charge < -0.3 is 10.4 Å². The summed E-state index contributed by atoms with van der Waals surface area (Å²) in [5.41, 5.74) is 2.85. The zero-order valence-corrected chi connectivity index (χ0v) is 11.4. The van der Waals surface area contributed by atoms with Crippen molar-refractivity contribution in [1.29, 1.82) is 0 Å². The van der Waals surface area contributed by atoms with Crippen molar-refractivity contribution >= 4 is 5.82 Å². The summed E-state index contributed by atoms with van der Waals surface area (Å²) in [4.78, 5) is 13.0. The summed E-state index contributed by atoms with van der Waals surface area (Å²) in [6.07, 6.45) is 3.44. The molecule has 0 fully saturated rings. The Morgan fingerprint density at radius 3 is 2.53 bits per heavy atom. The lowest BCUT2D eigenvalue weighted by molar-refractivity contribution is 0.281. The number of hydrogen-bond acceptors (Lipinski definition) is 5. The molecule has 0 spiro atoms. The Balaban J connectivity index is 2.42. The third-order valence-electron chi connectivity index (χ3n) is 2.98. The second-order valence-electron chi connectivity index (χ2n) is 4.57. The van der Waals surface area contributed by atoms with Crippen LogP contribution in [0.5, 0.6) is 0 Å². The maximum Gasteiger partial charge on any atom is 0.161 e. The number of anilines is 1. The van der Waals surface area contributed by atoms with E-state index < -0.39 is 0 Å². The third kappa shape index (κ3) is 3.06. The molecule has 0 aliphatic heterocycles. The first-order chi connectivity index (χ1) is 9.11. The van der Waals surface area contributed by atoms with Gasteiger partial charge in [0.25, 0.3) is 0 Å². The van der Waals surface area contributed by atoms with Gasteiger partial charge >= 0.3 is 0 Å². The number of rotatable bonds is 4. The van der Waals surface area contributed by atoms with Gasteiger partial charge in [-0.1, -0.05) is 0 Å². The van der Waals surface area contributed by atoms with Crippen LogP contribution in [0.25, 0.3) is 11.4 Å². The van der Waals surface area contributed by atoms with E-state index in [0.717, 1.165) is 22.6 Å². The lowest BCUT2D eigenvalue weighted by Gasteiger charge is -2.16. The van der Waals surface area contributed by atoms with Crippen molar-refractivity contribution < 1.29 is 5.11 Å². The molecule has 0 bridgehead atoms. The lowest BCUT2D eigenvalue weighted by atomic mass is 10.2. The number of hydrogen-bond donors (Lipinski definition) is 2. The second-order valence-corrected chi connectivity index (χ2v) is 4.57. The molecule has 19 heavy (non-hydrogen) atoms. The highest BCUT2D eigenvalue weighted by atomic mass is 16.3. The summed E-state index contributed by atoms with van der Waals surface area (Å²) in [7, 11) is 0. The molecule has 100 valence electrons. The van der Waals surface area contributed by atoms with Gasteiger partial charge in [-0.05, 0) is 32.9 Å². The van der Waals surface area contributed by atoms with E-state index in [9.17, 15) is 0 Å². The molecule has 0 aliphatic rings. The molecule has 0 aromatic carbocycles. The molecule has 0 saturated carbocycles. The topological polar surface area (TPSA) is 70.9 Å². The van der Waals surface area contributed by atoms with Crippen LogP contribution in [0.4, 0.5) is 5.82 Å². The predicted octanol–water partition coefficient (Wildman–Crippen LogP) is 1.95. The van der Waals surface area contributed by atoms with E-state index in [2.05, 4.69) is 20.3 Å². The first kappa shape index (κ1) is 13.4. The van der Waals surface area contributed by atoms with Crippen molar-refractivity contribution in [2.45, 2.75) is 26.8 Å². The number of nitrogens with one attached hydrogen (secondary N) is 1. The largest absolute Gasteiger partial charge is 0.394 e. The van der Waals surface area contributed by atoms with Gasteiger partial charge in [0.2, 0.25) is 0 Å². The predicted molar refractivity (Wildman–Crippen MR) is 74.9 cm³/mol. The fourth-order valence-corrected chi connectivity index (χ4v) is 1.68. The molecule has 5 nitrogen and oxygen atoms in total. The molecule has 2 aromatic heterocycles. The Morgan fingerprint density at radius 2 is 1.89 bits per heavy atom. The van der Waals surface area contributed by atoms with Crippen molar-refractivity contribution in [2.75, 3.05) is 11.9 Å². The second kappa shape index (κ2) is 5.75. The van der Waals surface area contributed by atoms with Crippen molar-refractivity contribution in [3.05, 3.63) is 35.8 Å². The standard InChI is InChI=1S/C14H18N4O/c1-9(8-19)16-13-10(2)11(3)17-14(18-13)12-4-6-15-7-5-12/h4-7,9,19H,8H2,1-3H3,(H,16,17,18). The first-order valence-corrected chi connectivity index (χ1v) is 6.25. The molecular formula is C14H18N4O. The molecule has 2 N–H and O–H groups in total. The molecule has 0 saturated heterocycles. The summed E-state index contributed by atoms with van der Waals surface area (Å²) in [6, 6.07) is 3.71. The van der Waals surface area contributed by atoms with Gasteiger partial charge in [-0.2, -0.15) is 0 Å². The van der Waals surface area contributed by atoms with E-state index >= 15 is 0 Å². The van der Waals surface area contributed by atoms with Gasteiger partial charge in [-0.3, -0.25) is 4.98 Å². The SMILES string of the molecule is Cc1nc(-c2ccncc2)nc(NC(C)CO)c1C. The maximum absolute atomic E-state index is 9.13. The van der Waals surface area contributed by atoms with Crippen LogP contribution in [0.2, 0.25) is 0 Å². The van der Waals surface area contributed by atoms with E-state index in [4.69, 9.17) is 5.11 Å². The number of nitrogens with zero attached hydrogens (tertiary/aromatic N) is 3. The average molecular weight is 258 g/mol. The fourth-order valence-electron chi connectivity index (χ4n) is 1.68. The minimum absolute atomic E-state index is 0.0432. The first-order valence-electron chi connectivity index (χ1n) is 6.25. The van der Waals surface area contributed by atoms with E-state index in [1.807, 2.05) is 32.9 Å². The number of aliphatic hydroxyl groups excluding tert-OH is 1. The maximum atomic E-state index is 9.13. The van der Waals surface area contributed by atoms with Gasteiger partial charge in [0.1, 0.15) is 5.82 Å². The lowest BCUT2D eigenvalue weighted by Crippen LogP contribution is -2.21. The van der Waals surface area contributed by atoms with Gasteiger partial charge in [0, 0.05) is 35.3 Å². The zero-order valence-electron chi connectivity index (χ0n) is 11.4. The number of aryl methyl sites for hydroxylation is 1. The Bertz CT molecular complexity index is 557. The Hall–Kier alpha value is -2.01. The van der Waals surface area contributed by atoms with Gasteiger partial charge in [-0.25, -0.2) is 9.97 Å². The average Bonchev–Trinajstić information content (AvgIpc) is 2.44. The van der Waals surface area contributed by atoms with Crippen LogP contribution in [0.1, 0.15) is 18.2 Å². The molecular weight excluding hydrogens is 240 g/mol. The molecule has 2 rings (SSSR count). The van der Waals surface area contributed by atoms with Crippen LogP contribution in [0, 0.1) is 13.8 Å². The van der Waals surface area contributed by atoms with Crippen molar-refractivity contribution in [3.8, 4) is 11.4 Å². The quantitative estimate of drug-likeness (QED) is 0.877. The van der Waals surface area contributed by atoms with Gasteiger partial charge in [0.15, 0.2) is 5.82 Å². The van der Waals surface area contributed by atoms with E-state index in [1.165, 1.54) is 0 Å². The van der Waals surface area contributed by atoms with Crippen molar-refractivity contribution in [3.63, 3.8) is 0 Å². The summed E-state index contributed by atoms with van der Waals surface area (Å²) in [5.74, 6) is 1.43. The van der Waals surface area contributed by atoms with Crippen LogP contribution in [0.15, 0.2) is 24.5 Å². The van der Waals surface area contributed by atoms with Crippen LogP contribution in [-0.4, -0.2) is 32.7 Å². The fraction of sp³-hybridized carbons (Fsp3) is 0.357. The normalized spacial score (nSPS) is 12.2. The smallest absolute Gasteiger partial charge is 0.161 e. The Labute approximate surface area is 112 Å². The molecule has 0 aliphatic carbocycles. The van der Waals surface area contributed by atoms with E-state index in [0.29, 0.717) is 5.82 Å². The van der Waals surface area contributed by atoms with Crippen molar-refractivity contribution in [1.82, 2.24) is 15.0 Å². The summed E-state index contributed by atoms with van der Waals surface area (Å²) < 4.78 is 0. The van der Waals surface area contributed by atoms with Crippen LogP contribution >= 0.6 is 0 Å². The molecule has 1 unspecified atom stereocenters. The summed E-state index contributed by atoms with van der Waals surface area (Å²) in [6.45, 7) is 5.89. The van der Waals surface area contributed by atoms with Crippen LogP contribution in [-0.2, 0) is 0 Å². The van der Waals surface area contributed by atoms with Gasteiger partial charge in [-0.15, -0.1) is 0 Å². The third-order valence-corrected chi connectivity index (χ3v) is 2.98. The molecule has 0 radical (unpaired) electrons. The molecule has 2 heterocycles. The Kier molecular flexibility index (Phi) is 4.06. The number of aromatic nitrogens is 3. The van der Waals surface area contributed by atoms with Crippen molar-refractivity contribution in [2.24, 2.45) is 0 Å². The summed E-state index contributed by atoms with van der Waals surface area (Å²) >= 11 is 0. The molecule has 0 amide bonds. The van der Waals surface area contributed by atoms with E-state index in [-0.39, 0.29) is 12.6 Å².